The van der Waals surface area contributed by atoms with E-state index in [1.807, 2.05) is 0 Å². The topological polar surface area (TPSA) is 46.2 Å². The van der Waals surface area contributed by atoms with Crippen molar-refractivity contribution in [1.82, 2.24) is 5.32 Å². The molecular weight excluding hydrogens is 301 g/mol. The molecule has 0 atom stereocenters. The van der Waals surface area contributed by atoms with Crippen molar-refractivity contribution < 1.29 is 14.0 Å². The van der Waals surface area contributed by atoms with E-state index in [1.54, 1.807) is 20.8 Å². The number of ketones is 1. The Hall–Kier alpha value is -1.23. The Morgan fingerprint density at radius 3 is 2.44 bits per heavy atom. The lowest BCUT2D eigenvalue weighted by atomic mass is 9.91. The lowest BCUT2D eigenvalue weighted by Gasteiger charge is -2.16. The molecule has 0 aliphatic heterocycles. The fraction of sp³-hybridized carbons (Fsp3) is 0.385. The summed E-state index contributed by atoms with van der Waals surface area (Å²) >= 11 is 3.00. The summed E-state index contributed by atoms with van der Waals surface area (Å²) in [6.45, 7) is 5.33. The lowest BCUT2D eigenvalue weighted by molar-refractivity contribution is -0.125. The number of halogens is 2. The number of Topliss-reactive ketones (excluding diaryl/α,β-unsaturated/α-hetero) is 1. The van der Waals surface area contributed by atoms with Gasteiger partial charge in [-0.3, -0.25) is 9.59 Å². The molecule has 1 N–H and O–H groups in total. The van der Waals surface area contributed by atoms with Gasteiger partial charge in [-0.05, 0) is 34.1 Å². The van der Waals surface area contributed by atoms with Crippen molar-refractivity contribution in [2.24, 2.45) is 5.41 Å². The van der Waals surface area contributed by atoms with E-state index in [4.69, 9.17) is 0 Å². The number of carbonyl (C=O) groups excluding carboxylic acids is 2. The molecule has 98 valence electrons. The summed E-state index contributed by atoms with van der Waals surface area (Å²) in [5.41, 5.74) is -0.179. The molecule has 0 unspecified atom stereocenters. The van der Waals surface area contributed by atoms with Gasteiger partial charge in [0.15, 0.2) is 5.78 Å². The van der Waals surface area contributed by atoms with Crippen LogP contribution in [0.4, 0.5) is 4.39 Å². The summed E-state index contributed by atoms with van der Waals surface area (Å²) in [5.74, 6) is -0.886. The van der Waals surface area contributed by atoms with E-state index >= 15 is 0 Å². The summed E-state index contributed by atoms with van der Waals surface area (Å²) in [4.78, 5) is 23.4. The van der Waals surface area contributed by atoms with Gasteiger partial charge in [-0.15, -0.1) is 0 Å². The molecule has 0 aliphatic carbocycles. The molecule has 0 bridgehead atoms. The zero-order valence-electron chi connectivity index (χ0n) is 10.5. The number of rotatable bonds is 3. The lowest BCUT2D eigenvalue weighted by Crippen LogP contribution is -2.35. The second kappa shape index (κ2) is 5.61. The highest BCUT2D eigenvalue weighted by atomic mass is 79.9. The molecule has 18 heavy (non-hydrogen) atoms. The van der Waals surface area contributed by atoms with Crippen LogP contribution in [-0.2, 0) is 4.79 Å². The zero-order chi connectivity index (χ0) is 13.9. The number of nitrogens with one attached hydrogen (secondary N) is 1. The zero-order valence-corrected chi connectivity index (χ0v) is 12.1. The average Bonchev–Trinajstić information content (AvgIpc) is 2.27. The van der Waals surface area contributed by atoms with Gasteiger partial charge in [0.2, 0.25) is 0 Å². The van der Waals surface area contributed by atoms with Crippen molar-refractivity contribution in [1.29, 1.82) is 0 Å². The number of hydrogen-bond donors (Lipinski definition) is 1. The summed E-state index contributed by atoms with van der Waals surface area (Å²) < 4.78 is 13.2. The van der Waals surface area contributed by atoms with Crippen LogP contribution in [0.3, 0.4) is 0 Å². The van der Waals surface area contributed by atoms with Crippen molar-refractivity contribution in [3.05, 3.63) is 34.1 Å². The number of carbonyl (C=O) groups is 2. The molecule has 5 heteroatoms. The molecule has 0 radical (unpaired) electrons. The van der Waals surface area contributed by atoms with Crippen LogP contribution in [0.1, 0.15) is 31.1 Å². The fourth-order valence-corrected chi connectivity index (χ4v) is 1.54. The van der Waals surface area contributed by atoms with Gasteiger partial charge in [0.25, 0.3) is 5.91 Å². The second-order valence-electron chi connectivity index (χ2n) is 4.98. The predicted octanol–water partition coefficient (Wildman–Crippen LogP) is 2.93. The van der Waals surface area contributed by atoms with Crippen LogP contribution < -0.4 is 5.32 Å². The summed E-state index contributed by atoms with van der Waals surface area (Å²) in [6.07, 6.45) is 0. The van der Waals surface area contributed by atoms with E-state index < -0.39 is 17.1 Å². The molecule has 0 spiro atoms. The first-order valence-electron chi connectivity index (χ1n) is 5.48. The van der Waals surface area contributed by atoms with E-state index in [1.165, 1.54) is 18.2 Å². The monoisotopic (exact) mass is 315 g/mol. The molecule has 1 rings (SSSR count). The SMILES string of the molecule is CC(C)(C)C(=O)CNC(=O)c1ccc(F)c(Br)c1. The highest BCUT2D eigenvalue weighted by Gasteiger charge is 2.21. The van der Waals surface area contributed by atoms with Gasteiger partial charge in [0.05, 0.1) is 11.0 Å². The second-order valence-corrected chi connectivity index (χ2v) is 5.84. The first-order chi connectivity index (χ1) is 8.21. The normalized spacial score (nSPS) is 11.2. The highest BCUT2D eigenvalue weighted by Crippen LogP contribution is 2.17. The number of benzene rings is 1. The minimum Gasteiger partial charge on any atom is -0.345 e. The minimum atomic E-state index is -0.489. The van der Waals surface area contributed by atoms with Gasteiger partial charge in [-0.25, -0.2) is 4.39 Å². The fourth-order valence-electron chi connectivity index (χ4n) is 1.17. The summed E-state index contributed by atoms with van der Waals surface area (Å²) in [5, 5.41) is 2.52. The number of hydrogen-bond acceptors (Lipinski definition) is 2. The van der Waals surface area contributed by atoms with E-state index in [0.29, 0.717) is 5.56 Å². The molecule has 1 aromatic rings. The van der Waals surface area contributed by atoms with Crippen molar-refractivity contribution in [2.45, 2.75) is 20.8 Å². The van der Waals surface area contributed by atoms with Crippen molar-refractivity contribution in [2.75, 3.05) is 6.54 Å². The van der Waals surface area contributed by atoms with Gasteiger partial charge < -0.3 is 5.32 Å². The molecule has 0 heterocycles. The average molecular weight is 316 g/mol. The summed E-state index contributed by atoms with van der Waals surface area (Å²) in [7, 11) is 0. The molecule has 0 aliphatic rings. The predicted molar refractivity (Wildman–Crippen MR) is 70.9 cm³/mol. The minimum absolute atomic E-state index is 0.0304. The molecule has 1 amide bonds. The van der Waals surface area contributed by atoms with Gasteiger partial charge in [-0.2, -0.15) is 0 Å². The third-order valence-electron chi connectivity index (χ3n) is 2.43. The molecule has 1 aromatic carbocycles. The number of amides is 1. The van der Waals surface area contributed by atoms with Gasteiger partial charge >= 0.3 is 0 Å². The van der Waals surface area contributed by atoms with Crippen LogP contribution >= 0.6 is 15.9 Å². The largest absolute Gasteiger partial charge is 0.345 e. The Morgan fingerprint density at radius 1 is 1.33 bits per heavy atom. The quantitative estimate of drug-likeness (QED) is 0.932. The molecule has 3 nitrogen and oxygen atoms in total. The van der Waals surface area contributed by atoms with E-state index in [9.17, 15) is 14.0 Å². The molecule has 0 aromatic heterocycles. The van der Waals surface area contributed by atoms with Gasteiger partial charge in [0, 0.05) is 11.0 Å². The Bertz CT molecular complexity index is 480. The van der Waals surface area contributed by atoms with Crippen LogP contribution in [-0.4, -0.2) is 18.2 Å². The first kappa shape index (κ1) is 14.8. The van der Waals surface area contributed by atoms with Crippen molar-refractivity contribution in [3.8, 4) is 0 Å². The maximum atomic E-state index is 13.0. The Labute approximate surface area is 114 Å². The van der Waals surface area contributed by atoms with Crippen LogP contribution in [0.25, 0.3) is 0 Å². The smallest absolute Gasteiger partial charge is 0.251 e. The molecule has 0 saturated heterocycles. The molecular formula is C13H15BrFNO2. The van der Waals surface area contributed by atoms with Crippen LogP contribution in [0.5, 0.6) is 0 Å². The Morgan fingerprint density at radius 2 is 1.94 bits per heavy atom. The first-order valence-corrected chi connectivity index (χ1v) is 6.27. The standard InChI is InChI=1S/C13H15BrFNO2/c1-13(2,3)11(17)7-16-12(18)8-4-5-10(15)9(14)6-8/h4-6H,7H2,1-3H3,(H,16,18). The molecule has 0 saturated carbocycles. The highest BCUT2D eigenvalue weighted by molar-refractivity contribution is 9.10. The third-order valence-corrected chi connectivity index (χ3v) is 3.04. The van der Waals surface area contributed by atoms with Crippen LogP contribution in [0, 0.1) is 11.2 Å². The maximum Gasteiger partial charge on any atom is 0.251 e. The van der Waals surface area contributed by atoms with Gasteiger partial charge in [0.1, 0.15) is 5.82 Å². The summed E-state index contributed by atoms with van der Waals surface area (Å²) in [6, 6.07) is 3.95. The van der Waals surface area contributed by atoms with Crippen molar-refractivity contribution in [3.63, 3.8) is 0 Å². The third kappa shape index (κ3) is 3.91. The van der Waals surface area contributed by atoms with Gasteiger partial charge in [-0.1, -0.05) is 20.8 Å². The van der Waals surface area contributed by atoms with E-state index in [-0.39, 0.29) is 16.8 Å². The van der Waals surface area contributed by atoms with Crippen LogP contribution in [0.15, 0.2) is 22.7 Å². The van der Waals surface area contributed by atoms with Crippen LogP contribution in [0.2, 0.25) is 0 Å². The van der Waals surface area contributed by atoms with E-state index in [0.717, 1.165) is 0 Å². The maximum absolute atomic E-state index is 13.0. The van der Waals surface area contributed by atoms with Crippen molar-refractivity contribution >= 4 is 27.6 Å². The van der Waals surface area contributed by atoms with E-state index in [2.05, 4.69) is 21.2 Å². The molecule has 0 fully saturated rings. The Kier molecular flexibility index (Phi) is 4.62. The Balaban J connectivity index is 2.66.